The first-order valence-corrected chi connectivity index (χ1v) is 3.56. The predicted octanol–water partition coefficient (Wildman–Crippen LogP) is -0.281. The minimum absolute atomic E-state index is 0.0951. The summed E-state index contributed by atoms with van der Waals surface area (Å²) in [7, 11) is 4.86. The number of rotatable bonds is 3. The highest BCUT2D eigenvalue weighted by Gasteiger charge is 2.10. The Balaban J connectivity index is 4.00. The maximum atomic E-state index is 11.1. The Morgan fingerprint density at radius 3 is 2.17 bits per heavy atom. The molecule has 0 aliphatic heterocycles. The standard InChI is InChI=1S/C8H14N2O2/c1-5-7(11)10(4)6-8(12)9(2)3/h5H,1,6H2,2-4H3. The zero-order valence-corrected chi connectivity index (χ0v) is 7.70. The summed E-state index contributed by atoms with van der Waals surface area (Å²) < 4.78 is 0. The maximum absolute atomic E-state index is 11.1. The van der Waals surface area contributed by atoms with Gasteiger partial charge in [-0.3, -0.25) is 9.59 Å². The van der Waals surface area contributed by atoms with Crippen molar-refractivity contribution in [2.24, 2.45) is 0 Å². The molecule has 0 rings (SSSR count). The normalized spacial score (nSPS) is 8.92. The van der Waals surface area contributed by atoms with Gasteiger partial charge in [0.15, 0.2) is 0 Å². The van der Waals surface area contributed by atoms with Crippen molar-refractivity contribution in [2.75, 3.05) is 27.7 Å². The Hall–Kier alpha value is -1.32. The van der Waals surface area contributed by atoms with Gasteiger partial charge in [0.2, 0.25) is 11.8 Å². The molecule has 2 amide bonds. The van der Waals surface area contributed by atoms with Crippen LogP contribution in [0.25, 0.3) is 0 Å². The number of likely N-dealkylation sites (N-methyl/N-ethyl adjacent to an activating group) is 2. The Kier molecular flexibility index (Phi) is 4.04. The van der Waals surface area contributed by atoms with Crippen LogP contribution < -0.4 is 0 Å². The van der Waals surface area contributed by atoms with Gasteiger partial charge in [-0.15, -0.1) is 0 Å². The zero-order chi connectivity index (χ0) is 9.72. The van der Waals surface area contributed by atoms with Crippen LogP contribution in [0.1, 0.15) is 0 Å². The van der Waals surface area contributed by atoms with E-state index in [4.69, 9.17) is 0 Å². The van der Waals surface area contributed by atoms with Crippen LogP contribution in [0.3, 0.4) is 0 Å². The molecule has 0 aromatic rings. The van der Waals surface area contributed by atoms with Crippen molar-refractivity contribution >= 4 is 11.8 Å². The molecular formula is C8H14N2O2. The van der Waals surface area contributed by atoms with Crippen LogP contribution in [0.2, 0.25) is 0 Å². The Morgan fingerprint density at radius 2 is 1.83 bits per heavy atom. The Labute approximate surface area is 72.4 Å². The molecule has 0 fully saturated rings. The second-order valence-electron chi connectivity index (χ2n) is 2.69. The van der Waals surface area contributed by atoms with E-state index in [0.29, 0.717) is 0 Å². The number of amides is 2. The van der Waals surface area contributed by atoms with Crippen LogP contribution >= 0.6 is 0 Å². The molecule has 0 radical (unpaired) electrons. The van der Waals surface area contributed by atoms with Gasteiger partial charge in [-0.05, 0) is 6.08 Å². The predicted molar refractivity (Wildman–Crippen MR) is 46.5 cm³/mol. The number of nitrogens with zero attached hydrogens (tertiary/aromatic N) is 2. The average molecular weight is 170 g/mol. The first kappa shape index (κ1) is 10.7. The molecule has 0 aromatic heterocycles. The summed E-state index contributed by atoms with van der Waals surface area (Å²) in [4.78, 5) is 24.7. The molecule has 0 N–H and O–H groups in total. The van der Waals surface area contributed by atoms with Gasteiger partial charge in [0.1, 0.15) is 0 Å². The van der Waals surface area contributed by atoms with Crippen LogP contribution in [0.15, 0.2) is 12.7 Å². The van der Waals surface area contributed by atoms with Crippen LogP contribution in [0.4, 0.5) is 0 Å². The third kappa shape index (κ3) is 3.18. The summed E-state index contributed by atoms with van der Waals surface area (Å²) in [5.74, 6) is -0.349. The summed E-state index contributed by atoms with van der Waals surface area (Å²) in [6, 6.07) is 0. The summed E-state index contributed by atoms with van der Waals surface area (Å²) in [6.07, 6.45) is 1.18. The van der Waals surface area contributed by atoms with E-state index in [1.807, 2.05) is 0 Å². The van der Waals surface area contributed by atoms with Crippen molar-refractivity contribution in [3.8, 4) is 0 Å². The monoisotopic (exact) mass is 170 g/mol. The fourth-order valence-electron chi connectivity index (χ4n) is 0.578. The van der Waals surface area contributed by atoms with Gasteiger partial charge in [0.05, 0.1) is 6.54 Å². The van der Waals surface area contributed by atoms with Gasteiger partial charge < -0.3 is 9.80 Å². The molecule has 0 bridgehead atoms. The van der Waals surface area contributed by atoms with Gasteiger partial charge in [-0.25, -0.2) is 0 Å². The largest absolute Gasteiger partial charge is 0.347 e. The third-order valence-electron chi connectivity index (χ3n) is 1.42. The number of carbonyl (C=O) groups is 2. The molecule has 0 aliphatic carbocycles. The Morgan fingerprint density at radius 1 is 1.33 bits per heavy atom. The lowest BCUT2D eigenvalue weighted by Gasteiger charge is -2.17. The summed E-state index contributed by atoms with van der Waals surface area (Å²) in [5.41, 5.74) is 0. The maximum Gasteiger partial charge on any atom is 0.246 e. The van der Waals surface area contributed by atoms with Crippen molar-refractivity contribution in [1.82, 2.24) is 9.80 Å². The lowest BCUT2D eigenvalue weighted by Crippen LogP contribution is -2.36. The molecule has 0 heterocycles. The highest BCUT2D eigenvalue weighted by molar-refractivity contribution is 5.90. The topological polar surface area (TPSA) is 40.6 Å². The second kappa shape index (κ2) is 4.54. The van der Waals surface area contributed by atoms with E-state index in [1.54, 1.807) is 21.1 Å². The lowest BCUT2D eigenvalue weighted by atomic mass is 10.4. The van der Waals surface area contributed by atoms with E-state index >= 15 is 0 Å². The highest BCUT2D eigenvalue weighted by Crippen LogP contribution is 1.88. The molecule has 4 nitrogen and oxygen atoms in total. The van der Waals surface area contributed by atoms with Gasteiger partial charge in [0.25, 0.3) is 0 Å². The molecule has 0 aliphatic rings. The molecule has 0 saturated heterocycles. The van der Waals surface area contributed by atoms with Gasteiger partial charge in [0, 0.05) is 21.1 Å². The second-order valence-corrected chi connectivity index (χ2v) is 2.69. The molecule has 0 spiro atoms. The molecule has 0 saturated carbocycles. The van der Waals surface area contributed by atoms with Crippen molar-refractivity contribution in [2.45, 2.75) is 0 Å². The molecule has 12 heavy (non-hydrogen) atoms. The number of hydrogen-bond donors (Lipinski definition) is 0. The van der Waals surface area contributed by atoms with E-state index in [2.05, 4.69) is 6.58 Å². The Bertz CT molecular complexity index is 199. The summed E-state index contributed by atoms with van der Waals surface area (Å²) in [6.45, 7) is 3.41. The summed E-state index contributed by atoms with van der Waals surface area (Å²) in [5, 5.41) is 0. The van der Waals surface area contributed by atoms with E-state index in [0.717, 1.165) is 0 Å². The lowest BCUT2D eigenvalue weighted by molar-refractivity contribution is -0.135. The van der Waals surface area contributed by atoms with E-state index < -0.39 is 0 Å². The zero-order valence-electron chi connectivity index (χ0n) is 7.70. The fourth-order valence-corrected chi connectivity index (χ4v) is 0.578. The summed E-state index contributed by atoms with van der Waals surface area (Å²) >= 11 is 0. The smallest absolute Gasteiger partial charge is 0.246 e. The van der Waals surface area contributed by atoms with E-state index in [-0.39, 0.29) is 18.4 Å². The van der Waals surface area contributed by atoms with Gasteiger partial charge >= 0.3 is 0 Å². The SMILES string of the molecule is C=CC(=O)N(C)CC(=O)N(C)C. The molecule has 0 atom stereocenters. The van der Waals surface area contributed by atoms with Gasteiger partial charge in [-0.1, -0.05) is 6.58 Å². The highest BCUT2D eigenvalue weighted by atomic mass is 16.2. The van der Waals surface area contributed by atoms with Crippen molar-refractivity contribution < 1.29 is 9.59 Å². The van der Waals surface area contributed by atoms with E-state index in [9.17, 15) is 9.59 Å². The molecule has 0 aromatic carbocycles. The van der Waals surface area contributed by atoms with Crippen molar-refractivity contribution in [3.05, 3.63) is 12.7 Å². The van der Waals surface area contributed by atoms with E-state index in [1.165, 1.54) is 15.9 Å². The third-order valence-corrected chi connectivity index (χ3v) is 1.42. The number of carbonyl (C=O) groups excluding carboxylic acids is 2. The first-order valence-electron chi connectivity index (χ1n) is 3.56. The minimum Gasteiger partial charge on any atom is -0.347 e. The van der Waals surface area contributed by atoms with Crippen LogP contribution in [0.5, 0.6) is 0 Å². The molecule has 4 heteroatoms. The first-order chi connectivity index (χ1) is 5.49. The fraction of sp³-hybridized carbons (Fsp3) is 0.500. The van der Waals surface area contributed by atoms with Crippen LogP contribution in [0, 0.1) is 0 Å². The molecule has 0 unspecified atom stereocenters. The minimum atomic E-state index is -0.245. The average Bonchev–Trinajstić information content (AvgIpc) is 2.02. The van der Waals surface area contributed by atoms with Crippen LogP contribution in [-0.2, 0) is 9.59 Å². The van der Waals surface area contributed by atoms with Crippen molar-refractivity contribution in [1.29, 1.82) is 0 Å². The van der Waals surface area contributed by atoms with Gasteiger partial charge in [-0.2, -0.15) is 0 Å². The molecular weight excluding hydrogens is 156 g/mol. The van der Waals surface area contributed by atoms with Crippen LogP contribution in [-0.4, -0.2) is 49.3 Å². The quantitative estimate of drug-likeness (QED) is 0.546. The molecule has 68 valence electrons. The number of hydrogen-bond acceptors (Lipinski definition) is 2. The van der Waals surface area contributed by atoms with Crippen molar-refractivity contribution in [3.63, 3.8) is 0 Å².